The minimum Gasteiger partial charge on any atom is -0.467 e. The van der Waals surface area contributed by atoms with Crippen molar-refractivity contribution in [2.24, 2.45) is 0 Å². The Kier molecular flexibility index (Phi) is 5.25. The van der Waals surface area contributed by atoms with Crippen LogP contribution in [0.2, 0.25) is 0 Å². The number of nitrogens with zero attached hydrogens (tertiary/aromatic N) is 2. The Hall–Kier alpha value is -1.45. The third-order valence-corrected chi connectivity index (χ3v) is 2.84. The molecule has 0 aliphatic carbocycles. The molecule has 1 unspecified atom stereocenters. The molecular formula is C10H12IN3O4. The summed E-state index contributed by atoms with van der Waals surface area (Å²) >= 11 is 1.85. The molecule has 1 atom stereocenters. The zero-order valence-corrected chi connectivity index (χ0v) is 12.0. The van der Waals surface area contributed by atoms with E-state index in [9.17, 15) is 14.4 Å². The van der Waals surface area contributed by atoms with Crippen LogP contribution in [0.5, 0.6) is 0 Å². The lowest BCUT2D eigenvalue weighted by atomic mass is 10.3. The molecule has 0 fully saturated rings. The second-order valence-electron chi connectivity index (χ2n) is 3.48. The van der Waals surface area contributed by atoms with Gasteiger partial charge in [-0.1, -0.05) is 0 Å². The van der Waals surface area contributed by atoms with E-state index < -0.39 is 12.0 Å². The highest BCUT2D eigenvalue weighted by molar-refractivity contribution is 14.1. The second kappa shape index (κ2) is 6.47. The van der Waals surface area contributed by atoms with Gasteiger partial charge in [-0.25, -0.2) is 9.78 Å². The minimum atomic E-state index is -0.912. The van der Waals surface area contributed by atoms with Crippen LogP contribution in [-0.4, -0.2) is 34.6 Å². The van der Waals surface area contributed by atoms with Crippen LogP contribution in [0.15, 0.2) is 17.3 Å². The molecular weight excluding hydrogens is 353 g/mol. The van der Waals surface area contributed by atoms with Gasteiger partial charge in [0.1, 0.15) is 6.04 Å². The smallest absolute Gasteiger partial charge is 0.330 e. The lowest BCUT2D eigenvalue weighted by molar-refractivity contribution is -0.145. The summed E-state index contributed by atoms with van der Waals surface area (Å²) in [7, 11) is 1.22. The minimum absolute atomic E-state index is 0.0189. The number of aromatic nitrogens is 2. The molecule has 0 aliphatic heterocycles. The molecule has 98 valence electrons. The molecule has 1 heterocycles. The predicted octanol–water partition coefficient (Wildman–Crippen LogP) is -0.474. The second-order valence-corrected chi connectivity index (χ2v) is 4.64. The van der Waals surface area contributed by atoms with Gasteiger partial charge in [0.25, 0.3) is 5.56 Å². The highest BCUT2D eigenvalue weighted by Crippen LogP contribution is 1.96. The highest BCUT2D eigenvalue weighted by atomic mass is 127. The molecule has 0 spiro atoms. The van der Waals surface area contributed by atoms with E-state index in [0.717, 1.165) is 0 Å². The zero-order valence-electron chi connectivity index (χ0n) is 9.84. The summed E-state index contributed by atoms with van der Waals surface area (Å²) in [5.74, 6) is -0.993. The molecule has 0 aliphatic rings. The number of carbonyl (C=O) groups is 2. The van der Waals surface area contributed by atoms with Gasteiger partial charge in [-0.15, -0.1) is 0 Å². The first kappa shape index (κ1) is 14.6. The van der Waals surface area contributed by atoms with E-state index in [1.165, 1.54) is 31.1 Å². The van der Waals surface area contributed by atoms with E-state index in [-0.39, 0.29) is 18.0 Å². The molecule has 0 bridgehead atoms. The Morgan fingerprint density at radius 3 is 2.83 bits per heavy atom. The third kappa shape index (κ3) is 3.79. The van der Waals surface area contributed by atoms with Crippen LogP contribution < -0.4 is 10.9 Å². The van der Waals surface area contributed by atoms with Gasteiger partial charge in [-0.05, 0) is 22.6 Å². The molecule has 7 nitrogen and oxygen atoms in total. The first-order valence-electron chi connectivity index (χ1n) is 5.00. The zero-order chi connectivity index (χ0) is 13.7. The van der Waals surface area contributed by atoms with Crippen LogP contribution in [-0.2, 0) is 20.9 Å². The lowest BCUT2D eigenvalue weighted by Gasteiger charge is -2.16. The number of esters is 1. The number of amides is 1. The average Bonchev–Trinajstić information content (AvgIpc) is 2.32. The lowest BCUT2D eigenvalue weighted by Crippen LogP contribution is -2.45. The number of nitrogens with one attached hydrogen (secondary N) is 1. The summed E-state index contributed by atoms with van der Waals surface area (Å²) in [5, 5.41) is 2.42. The van der Waals surface area contributed by atoms with Crippen molar-refractivity contribution < 1.29 is 14.3 Å². The van der Waals surface area contributed by atoms with Gasteiger partial charge in [0.15, 0.2) is 0 Å². The van der Waals surface area contributed by atoms with Crippen LogP contribution >= 0.6 is 22.6 Å². The van der Waals surface area contributed by atoms with Gasteiger partial charge < -0.3 is 10.1 Å². The molecule has 0 saturated heterocycles. The quantitative estimate of drug-likeness (QED) is 0.575. The van der Waals surface area contributed by atoms with Crippen molar-refractivity contribution in [1.82, 2.24) is 14.9 Å². The maximum atomic E-state index is 11.8. The predicted molar refractivity (Wildman–Crippen MR) is 70.8 cm³/mol. The van der Waals surface area contributed by atoms with Gasteiger partial charge in [-0.2, -0.15) is 0 Å². The first-order chi connectivity index (χ1) is 8.45. The highest BCUT2D eigenvalue weighted by Gasteiger charge is 2.21. The van der Waals surface area contributed by atoms with Crippen molar-refractivity contribution in [1.29, 1.82) is 0 Å². The molecule has 0 aromatic carbocycles. The fraction of sp³-hybridized carbons (Fsp3) is 0.400. The van der Waals surface area contributed by atoms with Crippen LogP contribution in [0.3, 0.4) is 0 Å². The van der Waals surface area contributed by atoms with E-state index in [0.29, 0.717) is 3.57 Å². The number of carbonyl (C=O) groups excluding carboxylic acids is 2. The molecule has 1 rings (SSSR count). The third-order valence-electron chi connectivity index (χ3n) is 2.10. The fourth-order valence-electron chi connectivity index (χ4n) is 1.32. The van der Waals surface area contributed by atoms with Crippen LogP contribution in [0.25, 0.3) is 0 Å². The Morgan fingerprint density at radius 1 is 1.61 bits per heavy atom. The van der Waals surface area contributed by atoms with Gasteiger partial charge in [-0.3, -0.25) is 14.2 Å². The van der Waals surface area contributed by atoms with Crippen molar-refractivity contribution in [3.05, 3.63) is 26.4 Å². The van der Waals surface area contributed by atoms with Gasteiger partial charge in [0, 0.05) is 13.1 Å². The molecule has 8 heteroatoms. The number of halogens is 1. The molecule has 0 saturated carbocycles. The Labute approximate surface area is 117 Å². The monoisotopic (exact) mass is 365 g/mol. The average molecular weight is 365 g/mol. The Balaban J connectivity index is 2.96. The Morgan fingerprint density at radius 2 is 2.28 bits per heavy atom. The SMILES string of the molecule is COC(=O)C(Cn1cncc(I)c1=O)NC(C)=O. The maximum Gasteiger partial charge on any atom is 0.330 e. The first-order valence-corrected chi connectivity index (χ1v) is 6.08. The maximum absolute atomic E-state index is 11.8. The molecule has 1 amide bonds. The van der Waals surface area contributed by atoms with E-state index >= 15 is 0 Å². The number of methoxy groups -OCH3 is 1. The summed E-state index contributed by atoms with van der Waals surface area (Å²) in [6.07, 6.45) is 2.73. The van der Waals surface area contributed by atoms with Gasteiger partial charge in [0.2, 0.25) is 5.91 Å². The van der Waals surface area contributed by atoms with Gasteiger partial charge in [0.05, 0.1) is 23.6 Å². The van der Waals surface area contributed by atoms with Gasteiger partial charge >= 0.3 is 5.97 Å². The fourth-order valence-corrected chi connectivity index (χ4v) is 1.79. The summed E-state index contributed by atoms with van der Waals surface area (Å²) in [6, 6.07) is -0.912. The Bertz CT molecular complexity index is 514. The van der Waals surface area contributed by atoms with Crippen molar-refractivity contribution in [2.75, 3.05) is 7.11 Å². The number of rotatable bonds is 4. The van der Waals surface area contributed by atoms with Crippen molar-refractivity contribution >= 4 is 34.5 Å². The number of hydrogen-bond acceptors (Lipinski definition) is 5. The standard InChI is InChI=1S/C10H12IN3O4/c1-6(15)13-8(10(17)18-2)4-14-5-12-3-7(11)9(14)16/h3,5,8H,4H2,1-2H3,(H,13,15). The van der Waals surface area contributed by atoms with Crippen LogP contribution in [0.4, 0.5) is 0 Å². The van der Waals surface area contributed by atoms with E-state index in [4.69, 9.17) is 0 Å². The van der Waals surface area contributed by atoms with E-state index in [1.54, 1.807) is 0 Å². The summed E-state index contributed by atoms with van der Waals surface area (Å²) in [6.45, 7) is 1.26. The molecule has 1 aromatic rings. The van der Waals surface area contributed by atoms with Crippen molar-refractivity contribution in [2.45, 2.75) is 19.5 Å². The van der Waals surface area contributed by atoms with Crippen molar-refractivity contribution in [3.8, 4) is 0 Å². The summed E-state index contributed by atoms with van der Waals surface area (Å²) in [5.41, 5.74) is -0.273. The summed E-state index contributed by atoms with van der Waals surface area (Å²) in [4.78, 5) is 38.1. The van der Waals surface area contributed by atoms with Crippen LogP contribution in [0.1, 0.15) is 6.92 Å². The molecule has 0 radical (unpaired) electrons. The number of ether oxygens (including phenoxy) is 1. The largest absolute Gasteiger partial charge is 0.467 e. The van der Waals surface area contributed by atoms with E-state index in [2.05, 4.69) is 15.0 Å². The molecule has 18 heavy (non-hydrogen) atoms. The van der Waals surface area contributed by atoms with Crippen LogP contribution in [0, 0.1) is 3.57 Å². The molecule has 1 N–H and O–H groups in total. The van der Waals surface area contributed by atoms with E-state index in [1.807, 2.05) is 22.6 Å². The number of hydrogen-bond donors (Lipinski definition) is 1. The van der Waals surface area contributed by atoms with Crippen molar-refractivity contribution in [3.63, 3.8) is 0 Å². The molecule has 1 aromatic heterocycles. The summed E-state index contributed by atoms with van der Waals surface area (Å²) < 4.78 is 6.25. The normalized spacial score (nSPS) is 11.7. The topological polar surface area (TPSA) is 90.3 Å².